The molecule has 18 heavy (non-hydrogen) atoms. The number of rotatable bonds is 1. The number of halogens is 3. The zero-order valence-electron chi connectivity index (χ0n) is 10.3. The number of hydrogen-bond acceptors (Lipinski definition) is 2. The summed E-state index contributed by atoms with van der Waals surface area (Å²) in [7, 11) is 0. The van der Waals surface area contributed by atoms with Crippen LogP contribution < -0.4 is 4.90 Å². The predicted molar refractivity (Wildman–Crippen MR) is 63.5 cm³/mol. The molecule has 1 aliphatic heterocycles. The fourth-order valence-corrected chi connectivity index (χ4v) is 2.49. The maximum atomic E-state index is 12.5. The Bertz CT molecular complexity index is 425. The van der Waals surface area contributed by atoms with Crippen LogP contribution in [0.4, 0.5) is 18.9 Å². The van der Waals surface area contributed by atoms with E-state index in [2.05, 4.69) is 0 Å². The zero-order valence-corrected chi connectivity index (χ0v) is 10.3. The zero-order chi connectivity index (χ0) is 13.6. The molecule has 1 atom stereocenters. The summed E-state index contributed by atoms with van der Waals surface area (Å²) in [5.74, 6) is 0. The van der Waals surface area contributed by atoms with Gasteiger partial charge in [-0.2, -0.15) is 13.2 Å². The average molecular weight is 259 g/mol. The molecule has 0 aromatic heterocycles. The van der Waals surface area contributed by atoms with E-state index in [1.165, 1.54) is 12.1 Å². The Labute approximate surface area is 104 Å². The van der Waals surface area contributed by atoms with Crippen molar-refractivity contribution in [2.45, 2.75) is 38.1 Å². The lowest BCUT2D eigenvalue weighted by atomic mass is 10.0. The highest BCUT2D eigenvalue weighted by Gasteiger charge is 2.38. The molecular weight excluding hydrogens is 243 g/mol. The number of aliphatic hydroxyl groups excluding tert-OH is 1. The maximum Gasteiger partial charge on any atom is 0.416 e. The third kappa shape index (κ3) is 2.46. The van der Waals surface area contributed by atoms with Crippen LogP contribution in [0.15, 0.2) is 24.3 Å². The van der Waals surface area contributed by atoms with Crippen molar-refractivity contribution in [3.05, 3.63) is 29.8 Å². The third-order valence-electron chi connectivity index (χ3n) is 3.37. The fraction of sp³-hybridized carbons (Fsp3) is 0.538. The van der Waals surface area contributed by atoms with Gasteiger partial charge in [-0.25, -0.2) is 0 Å². The lowest BCUT2D eigenvalue weighted by Gasteiger charge is -2.33. The topological polar surface area (TPSA) is 23.5 Å². The van der Waals surface area contributed by atoms with E-state index in [4.69, 9.17) is 0 Å². The monoisotopic (exact) mass is 259 g/mol. The molecule has 100 valence electrons. The molecule has 0 radical (unpaired) electrons. The van der Waals surface area contributed by atoms with E-state index in [1.807, 2.05) is 18.7 Å². The van der Waals surface area contributed by atoms with Crippen molar-refractivity contribution in [3.63, 3.8) is 0 Å². The van der Waals surface area contributed by atoms with Crippen LogP contribution in [0.5, 0.6) is 0 Å². The lowest BCUT2D eigenvalue weighted by Crippen LogP contribution is -2.38. The van der Waals surface area contributed by atoms with Crippen molar-refractivity contribution < 1.29 is 18.3 Å². The molecule has 5 heteroatoms. The normalized spacial score (nSPS) is 23.4. The predicted octanol–water partition coefficient (Wildman–Crippen LogP) is 3.06. The molecule has 1 aromatic carbocycles. The molecule has 2 rings (SSSR count). The van der Waals surface area contributed by atoms with Crippen molar-refractivity contribution in [3.8, 4) is 0 Å². The number of alkyl halides is 3. The molecule has 0 aliphatic carbocycles. The van der Waals surface area contributed by atoms with Gasteiger partial charge in [-0.15, -0.1) is 0 Å². The van der Waals surface area contributed by atoms with E-state index in [-0.39, 0.29) is 5.54 Å². The van der Waals surface area contributed by atoms with Crippen molar-refractivity contribution in [1.29, 1.82) is 0 Å². The average Bonchev–Trinajstić information content (AvgIpc) is 2.51. The molecule has 0 amide bonds. The van der Waals surface area contributed by atoms with Gasteiger partial charge < -0.3 is 10.0 Å². The van der Waals surface area contributed by atoms with E-state index < -0.39 is 17.8 Å². The molecule has 1 heterocycles. The van der Waals surface area contributed by atoms with Gasteiger partial charge in [-0.1, -0.05) is 0 Å². The molecular formula is C13H16F3NO. The van der Waals surface area contributed by atoms with Gasteiger partial charge in [-0.3, -0.25) is 0 Å². The molecule has 1 saturated heterocycles. The largest absolute Gasteiger partial charge is 0.416 e. The number of aliphatic hydroxyl groups is 1. The molecule has 1 fully saturated rings. The van der Waals surface area contributed by atoms with Crippen LogP contribution in [0.3, 0.4) is 0 Å². The van der Waals surface area contributed by atoms with Gasteiger partial charge in [0.05, 0.1) is 11.7 Å². The minimum absolute atomic E-state index is 0.237. The first kappa shape index (κ1) is 13.2. The van der Waals surface area contributed by atoms with Gasteiger partial charge in [0.1, 0.15) is 0 Å². The SMILES string of the molecule is CC1(C)CC(O)CN1c1ccc(C(F)(F)F)cc1. The first-order valence-corrected chi connectivity index (χ1v) is 5.83. The maximum absolute atomic E-state index is 12.5. The molecule has 0 bridgehead atoms. The first-order chi connectivity index (χ1) is 8.20. The van der Waals surface area contributed by atoms with E-state index in [0.717, 1.165) is 12.1 Å². The van der Waals surface area contributed by atoms with Crippen LogP contribution in [0, 0.1) is 0 Å². The van der Waals surface area contributed by atoms with E-state index in [9.17, 15) is 18.3 Å². The Morgan fingerprint density at radius 1 is 1.22 bits per heavy atom. The van der Waals surface area contributed by atoms with Crippen LogP contribution in [0.2, 0.25) is 0 Å². The second-order valence-corrected chi connectivity index (χ2v) is 5.33. The Morgan fingerprint density at radius 3 is 2.17 bits per heavy atom. The quantitative estimate of drug-likeness (QED) is 0.838. The van der Waals surface area contributed by atoms with Crippen LogP contribution >= 0.6 is 0 Å². The Balaban J connectivity index is 2.25. The molecule has 1 aromatic rings. The summed E-state index contributed by atoms with van der Waals surface area (Å²) in [6, 6.07) is 5.08. The number of anilines is 1. The summed E-state index contributed by atoms with van der Waals surface area (Å²) >= 11 is 0. The van der Waals surface area contributed by atoms with Gasteiger partial charge in [0, 0.05) is 17.8 Å². The summed E-state index contributed by atoms with van der Waals surface area (Å²) in [5, 5.41) is 9.66. The number of benzene rings is 1. The summed E-state index contributed by atoms with van der Waals surface area (Å²) in [6.45, 7) is 4.40. The van der Waals surface area contributed by atoms with Crippen molar-refractivity contribution in [2.75, 3.05) is 11.4 Å². The summed E-state index contributed by atoms with van der Waals surface area (Å²) in [5.41, 5.74) is -0.174. The minimum atomic E-state index is -4.31. The second kappa shape index (κ2) is 4.16. The van der Waals surface area contributed by atoms with E-state index in [0.29, 0.717) is 18.7 Å². The number of nitrogens with zero attached hydrogens (tertiary/aromatic N) is 1. The minimum Gasteiger partial charge on any atom is -0.391 e. The van der Waals surface area contributed by atoms with Crippen molar-refractivity contribution in [1.82, 2.24) is 0 Å². The fourth-order valence-electron chi connectivity index (χ4n) is 2.49. The number of hydrogen-bond donors (Lipinski definition) is 1. The summed E-state index contributed by atoms with van der Waals surface area (Å²) < 4.78 is 37.4. The lowest BCUT2D eigenvalue weighted by molar-refractivity contribution is -0.137. The highest BCUT2D eigenvalue weighted by molar-refractivity contribution is 5.51. The Hall–Kier alpha value is -1.23. The van der Waals surface area contributed by atoms with Crippen LogP contribution in [0.25, 0.3) is 0 Å². The van der Waals surface area contributed by atoms with Gasteiger partial charge in [0.2, 0.25) is 0 Å². The molecule has 1 N–H and O–H groups in total. The third-order valence-corrected chi connectivity index (χ3v) is 3.37. The van der Waals surface area contributed by atoms with Crippen molar-refractivity contribution in [2.24, 2.45) is 0 Å². The summed E-state index contributed by atoms with van der Waals surface area (Å²) in [4.78, 5) is 1.94. The highest BCUT2D eigenvalue weighted by atomic mass is 19.4. The first-order valence-electron chi connectivity index (χ1n) is 5.83. The Morgan fingerprint density at radius 2 is 1.78 bits per heavy atom. The molecule has 0 saturated carbocycles. The van der Waals surface area contributed by atoms with Gasteiger partial charge in [0.15, 0.2) is 0 Å². The smallest absolute Gasteiger partial charge is 0.391 e. The van der Waals surface area contributed by atoms with Crippen LogP contribution in [-0.4, -0.2) is 23.3 Å². The molecule has 1 aliphatic rings. The molecule has 0 spiro atoms. The van der Waals surface area contributed by atoms with Gasteiger partial charge in [0.25, 0.3) is 0 Å². The van der Waals surface area contributed by atoms with Crippen molar-refractivity contribution >= 4 is 5.69 Å². The second-order valence-electron chi connectivity index (χ2n) is 5.33. The van der Waals surface area contributed by atoms with Gasteiger partial charge >= 0.3 is 6.18 Å². The standard InChI is InChI=1S/C13H16F3NO/c1-12(2)7-11(18)8-17(12)10-5-3-9(4-6-10)13(14,15)16/h3-6,11,18H,7-8H2,1-2H3. The Kier molecular flexibility index (Phi) is 3.05. The van der Waals surface area contributed by atoms with Crippen LogP contribution in [0.1, 0.15) is 25.8 Å². The molecule has 1 unspecified atom stereocenters. The molecule has 2 nitrogen and oxygen atoms in total. The van der Waals surface area contributed by atoms with E-state index >= 15 is 0 Å². The van der Waals surface area contributed by atoms with Crippen LogP contribution in [-0.2, 0) is 6.18 Å². The number of β-amino-alcohol motifs (C(OH)–C–C–N with tert-alkyl or cyclic N) is 1. The summed E-state index contributed by atoms with van der Waals surface area (Å²) in [6.07, 6.45) is -4.12. The van der Waals surface area contributed by atoms with Gasteiger partial charge in [-0.05, 0) is 44.5 Å². The highest BCUT2D eigenvalue weighted by Crippen LogP contribution is 2.36. The van der Waals surface area contributed by atoms with E-state index in [1.54, 1.807) is 0 Å².